The van der Waals surface area contributed by atoms with Crippen LogP contribution in [0.2, 0.25) is 0 Å². The van der Waals surface area contributed by atoms with E-state index in [0.29, 0.717) is 54.7 Å². The SMILES string of the molecule is Cc1ccc(-c2noc(C3CC3)n2)cc1S(=O)(=O)N1CCC(C(=O)Nc2cccc(C)c2C)CC1. The largest absolute Gasteiger partial charge is 0.339 e. The summed E-state index contributed by atoms with van der Waals surface area (Å²) in [6.45, 7) is 6.37. The first kappa shape index (κ1) is 23.7. The quantitative estimate of drug-likeness (QED) is 0.538. The van der Waals surface area contributed by atoms with Gasteiger partial charge in [-0.2, -0.15) is 9.29 Å². The number of hydrogen-bond acceptors (Lipinski definition) is 6. The molecule has 3 aromatic rings. The zero-order valence-corrected chi connectivity index (χ0v) is 21.1. The Morgan fingerprint density at radius 1 is 1.03 bits per heavy atom. The number of carbonyl (C=O) groups is 1. The summed E-state index contributed by atoms with van der Waals surface area (Å²) in [6, 6.07) is 11.1. The molecule has 2 heterocycles. The molecule has 1 N–H and O–H groups in total. The monoisotopic (exact) mass is 494 g/mol. The topological polar surface area (TPSA) is 105 Å². The third-order valence-corrected chi connectivity index (χ3v) is 9.16. The number of sulfonamides is 1. The number of aryl methyl sites for hydroxylation is 2. The Morgan fingerprint density at radius 2 is 1.77 bits per heavy atom. The van der Waals surface area contributed by atoms with Crippen LogP contribution in [0, 0.1) is 26.7 Å². The van der Waals surface area contributed by atoms with E-state index in [4.69, 9.17) is 4.52 Å². The van der Waals surface area contributed by atoms with Crippen LogP contribution in [0.25, 0.3) is 11.4 Å². The third kappa shape index (κ3) is 4.75. The number of anilines is 1. The van der Waals surface area contributed by atoms with E-state index in [1.165, 1.54) is 4.31 Å². The second-order valence-electron chi connectivity index (χ2n) is 9.63. The zero-order valence-electron chi connectivity index (χ0n) is 20.2. The van der Waals surface area contributed by atoms with Gasteiger partial charge in [-0.05, 0) is 75.3 Å². The standard InChI is InChI=1S/C26H30N4O4S/c1-16-5-4-6-22(18(16)3)27-25(31)19-11-13-30(14-12-19)35(32,33)23-15-21(8-7-17(23)2)24-28-26(34-29-24)20-9-10-20/h4-8,15,19-20H,9-14H2,1-3H3,(H,27,31). The molecule has 1 aliphatic carbocycles. The number of aromatic nitrogens is 2. The van der Waals surface area contributed by atoms with Crippen molar-refractivity contribution < 1.29 is 17.7 Å². The van der Waals surface area contributed by atoms with Gasteiger partial charge < -0.3 is 9.84 Å². The van der Waals surface area contributed by atoms with Crippen molar-refractivity contribution in [3.8, 4) is 11.4 Å². The van der Waals surface area contributed by atoms with Crippen LogP contribution < -0.4 is 5.32 Å². The molecule has 1 aromatic heterocycles. The number of rotatable bonds is 6. The highest BCUT2D eigenvalue weighted by molar-refractivity contribution is 7.89. The molecule has 0 unspecified atom stereocenters. The van der Waals surface area contributed by atoms with Crippen LogP contribution in [0.5, 0.6) is 0 Å². The van der Waals surface area contributed by atoms with E-state index in [-0.39, 0.29) is 16.7 Å². The van der Waals surface area contributed by atoms with Gasteiger partial charge in [0.2, 0.25) is 27.6 Å². The minimum atomic E-state index is -3.73. The molecule has 0 bridgehead atoms. The van der Waals surface area contributed by atoms with E-state index in [1.54, 1.807) is 19.1 Å². The van der Waals surface area contributed by atoms with Crippen molar-refractivity contribution >= 4 is 21.6 Å². The Bertz CT molecular complexity index is 1370. The number of amides is 1. The van der Waals surface area contributed by atoms with Crippen molar-refractivity contribution in [2.75, 3.05) is 18.4 Å². The van der Waals surface area contributed by atoms with Crippen molar-refractivity contribution in [2.45, 2.75) is 57.3 Å². The summed E-state index contributed by atoms with van der Waals surface area (Å²) in [4.78, 5) is 17.6. The van der Waals surface area contributed by atoms with Crippen LogP contribution >= 0.6 is 0 Å². The van der Waals surface area contributed by atoms with Gasteiger partial charge in [-0.3, -0.25) is 4.79 Å². The molecule has 1 saturated carbocycles. The average Bonchev–Trinajstić information content (AvgIpc) is 3.59. The van der Waals surface area contributed by atoms with Crippen molar-refractivity contribution in [1.82, 2.24) is 14.4 Å². The molecule has 35 heavy (non-hydrogen) atoms. The van der Waals surface area contributed by atoms with Gasteiger partial charge in [0.25, 0.3) is 0 Å². The smallest absolute Gasteiger partial charge is 0.243 e. The van der Waals surface area contributed by atoms with Crippen LogP contribution in [0.3, 0.4) is 0 Å². The lowest BCUT2D eigenvalue weighted by Crippen LogP contribution is -2.41. The van der Waals surface area contributed by atoms with E-state index in [2.05, 4.69) is 15.5 Å². The number of nitrogens with one attached hydrogen (secondary N) is 1. The molecule has 1 amide bonds. The predicted octanol–water partition coefficient (Wildman–Crippen LogP) is 4.58. The molecule has 2 aliphatic rings. The lowest BCUT2D eigenvalue weighted by molar-refractivity contribution is -0.120. The maximum absolute atomic E-state index is 13.5. The highest BCUT2D eigenvalue weighted by Gasteiger charge is 2.34. The average molecular weight is 495 g/mol. The number of piperidine rings is 1. The summed E-state index contributed by atoms with van der Waals surface area (Å²) in [7, 11) is -3.73. The van der Waals surface area contributed by atoms with Crippen molar-refractivity contribution in [3.63, 3.8) is 0 Å². The molecule has 0 radical (unpaired) electrons. The number of nitrogens with zero attached hydrogens (tertiary/aromatic N) is 3. The van der Waals surface area contributed by atoms with Gasteiger partial charge in [0.1, 0.15) is 0 Å². The van der Waals surface area contributed by atoms with Gasteiger partial charge in [0.05, 0.1) is 4.90 Å². The lowest BCUT2D eigenvalue weighted by Gasteiger charge is -2.31. The third-order valence-electron chi connectivity index (χ3n) is 7.12. The van der Waals surface area contributed by atoms with Crippen LogP contribution in [0.4, 0.5) is 5.69 Å². The summed E-state index contributed by atoms with van der Waals surface area (Å²) in [6.07, 6.45) is 3.05. The van der Waals surface area contributed by atoms with E-state index in [1.807, 2.05) is 38.1 Å². The van der Waals surface area contributed by atoms with Gasteiger partial charge in [-0.15, -0.1) is 0 Å². The van der Waals surface area contributed by atoms with Crippen LogP contribution in [0.1, 0.15) is 54.2 Å². The highest BCUT2D eigenvalue weighted by Crippen LogP contribution is 2.39. The summed E-state index contributed by atoms with van der Waals surface area (Å²) in [5.74, 6) is 1.07. The Kier molecular flexibility index (Phi) is 6.23. The van der Waals surface area contributed by atoms with Gasteiger partial charge in [0.15, 0.2) is 0 Å². The second kappa shape index (κ2) is 9.20. The minimum absolute atomic E-state index is 0.0579. The molecule has 5 rings (SSSR count). The predicted molar refractivity (Wildman–Crippen MR) is 132 cm³/mol. The van der Waals surface area contributed by atoms with E-state index < -0.39 is 10.0 Å². The van der Waals surface area contributed by atoms with Crippen LogP contribution in [-0.2, 0) is 14.8 Å². The summed E-state index contributed by atoms with van der Waals surface area (Å²) < 4.78 is 33.9. The molecule has 0 spiro atoms. The van der Waals surface area contributed by atoms with E-state index in [0.717, 1.165) is 29.7 Å². The first-order chi connectivity index (χ1) is 16.7. The number of hydrogen-bond donors (Lipinski definition) is 1. The first-order valence-electron chi connectivity index (χ1n) is 12.1. The van der Waals surface area contributed by atoms with Crippen LogP contribution in [-0.4, -0.2) is 41.9 Å². The normalized spacial score (nSPS) is 17.5. The lowest BCUT2D eigenvalue weighted by atomic mass is 9.97. The second-order valence-corrected chi connectivity index (χ2v) is 11.5. The van der Waals surface area contributed by atoms with Gasteiger partial charge >= 0.3 is 0 Å². The maximum Gasteiger partial charge on any atom is 0.243 e. The molecule has 2 fully saturated rings. The maximum atomic E-state index is 13.5. The summed E-state index contributed by atoms with van der Waals surface area (Å²) in [5.41, 5.74) is 4.25. The van der Waals surface area contributed by atoms with Crippen molar-refractivity contribution in [1.29, 1.82) is 0 Å². The van der Waals surface area contributed by atoms with Crippen LogP contribution in [0.15, 0.2) is 45.8 Å². The van der Waals surface area contributed by atoms with E-state index >= 15 is 0 Å². The fourth-order valence-corrected chi connectivity index (χ4v) is 6.20. The molecule has 184 valence electrons. The molecule has 1 aliphatic heterocycles. The molecular weight excluding hydrogens is 464 g/mol. The molecule has 1 saturated heterocycles. The molecule has 9 heteroatoms. The first-order valence-corrected chi connectivity index (χ1v) is 13.5. The van der Waals surface area contributed by atoms with Gasteiger partial charge in [-0.1, -0.05) is 29.4 Å². The van der Waals surface area contributed by atoms with Crippen molar-refractivity contribution in [3.05, 3.63) is 59.0 Å². The molecule has 8 nitrogen and oxygen atoms in total. The molecule has 0 atom stereocenters. The number of carbonyl (C=O) groups excluding carboxylic acids is 1. The Labute approximate surface area is 205 Å². The van der Waals surface area contributed by atoms with Crippen molar-refractivity contribution in [2.24, 2.45) is 5.92 Å². The summed E-state index contributed by atoms with van der Waals surface area (Å²) >= 11 is 0. The Balaban J connectivity index is 1.28. The summed E-state index contributed by atoms with van der Waals surface area (Å²) in [5, 5.41) is 7.07. The molecular formula is C26H30N4O4S. The fourth-order valence-electron chi connectivity index (χ4n) is 4.48. The zero-order chi connectivity index (χ0) is 24.7. The van der Waals surface area contributed by atoms with E-state index in [9.17, 15) is 13.2 Å². The fraction of sp³-hybridized carbons (Fsp3) is 0.423. The minimum Gasteiger partial charge on any atom is -0.339 e. The highest BCUT2D eigenvalue weighted by atomic mass is 32.2. The number of benzene rings is 2. The van der Waals surface area contributed by atoms with Gasteiger partial charge in [-0.25, -0.2) is 8.42 Å². The van der Waals surface area contributed by atoms with Gasteiger partial charge in [0, 0.05) is 36.2 Å². The Hall–Kier alpha value is -3.04. The molecule has 2 aromatic carbocycles. The Morgan fingerprint density at radius 3 is 2.49 bits per heavy atom.